The summed E-state index contributed by atoms with van der Waals surface area (Å²) in [6.07, 6.45) is 0. The van der Waals surface area contributed by atoms with Crippen molar-refractivity contribution in [2.24, 2.45) is 5.92 Å². The molecular formula is C16H26N2O. The van der Waals surface area contributed by atoms with Gasteiger partial charge in [-0.3, -0.25) is 4.79 Å². The molecule has 0 heterocycles. The molecule has 0 radical (unpaired) electrons. The average molecular weight is 262 g/mol. The van der Waals surface area contributed by atoms with Gasteiger partial charge in [0.15, 0.2) is 0 Å². The maximum atomic E-state index is 12.4. The van der Waals surface area contributed by atoms with Crippen LogP contribution in [-0.4, -0.2) is 30.4 Å². The van der Waals surface area contributed by atoms with Crippen LogP contribution in [0.2, 0.25) is 0 Å². The van der Waals surface area contributed by atoms with Crippen LogP contribution in [0, 0.1) is 12.8 Å². The van der Waals surface area contributed by atoms with Crippen LogP contribution >= 0.6 is 0 Å². The second-order valence-electron chi connectivity index (χ2n) is 5.46. The van der Waals surface area contributed by atoms with Gasteiger partial charge in [-0.05, 0) is 50.5 Å². The third kappa shape index (κ3) is 3.72. The lowest BCUT2D eigenvalue weighted by Gasteiger charge is -2.28. The standard InChI is InChI=1S/C16H26N2O/c1-7-17-15-9-8-14(10-12(15)4)16(19)18(6)13(5)11(2)3/h8-11,13,17H,7H2,1-6H3. The van der Waals surface area contributed by atoms with Gasteiger partial charge in [0.05, 0.1) is 0 Å². The Morgan fingerprint density at radius 1 is 1.32 bits per heavy atom. The molecule has 0 saturated carbocycles. The van der Waals surface area contributed by atoms with Crippen LogP contribution in [0.1, 0.15) is 43.6 Å². The van der Waals surface area contributed by atoms with Crippen LogP contribution in [-0.2, 0) is 0 Å². The van der Waals surface area contributed by atoms with Crippen molar-refractivity contribution < 1.29 is 4.79 Å². The molecule has 0 aliphatic carbocycles. The van der Waals surface area contributed by atoms with Crippen molar-refractivity contribution in [1.29, 1.82) is 0 Å². The van der Waals surface area contributed by atoms with Crippen molar-refractivity contribution in [1.82, 2.24) is 4.90 Å². The van der Waals surface area contributed by atoms with Gasteiger partial charge in [0.2, 0.25) is 0 Å². The molecule has 1 aromatic rings. The highest BCUT2D eigenvalue weighted by molar-refractivity contribution is 5.95. The van der Waals surface area contributed by atoms with Gasteiger partial charge in [-0.1, -0.05) is 13.8 Å². The molecule has 0 bridgehead atoms. The summed E-state index contributed by atoms with van der Waals surface area (Å²) in [7, 11) is 1.88. The first-order valence-electron chi connectivity index (χ1n) is 7.00. The van der Waals surface area contributed by atoms with E-state index in [1.165, 1.54) is 0 Å². The van der Waals surface area contributed by atoms with Gasteiger partial charge < -0.3 is 10.2 Å². The van der Waals surface area contributed by atoms with Crippen molar-refractivity contribution in [2.45, 2.75) is 40.7 Å². The minimum atomic E-state index is 0.0901. The van der Waals surface area contributed by atoms with Crippen LogP contribution in [0.3, 0.4) is 0 Å². The lowest BCUT2D eigenvalue weighted by molar-refractivity contribution is 0.0707. The maximum Gasteiger partial charge on any atom is 0.253 e. The van der Waals surface area contributed by atoms with E-state index >= 15 is 0 Å². The summed E-state index contributed by atoms with van der Waals surface area (Å²) in [4.78, 5) is 14.2. The van der Waals surface area contributed by atoms with Crippen molar-refractivity contribution in [3.8, 4) is 0 Å². The fourth-order valence-electron chi connectivity index (χ4n) is 2.02. The maximum absolute atomic E-state index is 12.4. The Hall–Kier alpha value is -1.51. The lowest BCUT2D eigenvalue weighted by Crippen LogP contribution is -2.38. The number of nitrogens with zero attached hydrogens (tertiary/aromatic N) is 1. The summed E-state index contributed by atoms with van der Waals surface area (Å²) in [6.45, 7) is 11.3. The summed E-state index contributed by atoms with van der Waals surface area (Å²) in [5.74, 6) is 0.545. The van der Waals surface area contributed by atoms with Crippen LogP contribution in [0.4, 0.5) is 5.69 Å². The Morgan fingerprint density at radius 2 is 1.95 bits per heavy atom. The van der Waals surface area contributed by atoms with Gasteiger partial charge >= 0.3 is 0 Å². The molecule has 1 amide bonds. The summed E-state index contributed by atoms with van der Waals surface area (Å²) in [5.41, 5.74) is 2.96. The molecule has 1 N–H and O–H groups in total. The number of nitrogens with one attached hydrogen (secondary N) is 1. The minimum Gasteiger partial charge on any atom is -0.385 e. The van der Waals surface area contributed by atoms with Gasteiger partial charge in [0, 0.05) is 30.9 Å². The number of hydrogen-bond acceptors (Lipinski definition) is 2. The van der Waals surface area contributed by atoms with Gasteiger partial charge in [0.1, 0.15) is 0 Å². The first kappa shape index (κ1) is 15.5. The van der Waals surface area contributed by atoms with Gasteiger partial charge in [-0.25, -0.2) is 0 Å². The molecule has 1 unspecified atom stereocenters. The highest BCUT2D eigenvalue weighted by Crippen LogP contribution is 2.19. The van der Waals surface area contributed by atoms with E-state index in [4.69, 9.17) is 0 Å². The second-order valence-corrected chi connectivity index (χ2v) is 5.46. The molecule has 0 aromatic heterocycles. The number of carbonyl (C=O) groups excluding carboxylic acids is 1. The Labute approximate surface area is 117 Å². The number of amides is 1. The van der Waals surface area contributed by atoms with Crippen LogP contribution < -0.4 is 5.32 Å². The van der Waals surface area contributed by atoms with E-state index in [0.717, 1.165) is 23.4 Å². The fourth-order valence-corrected chi connectivity index (χ4v) is 2.02. The molecule has 106 valence electrons. The molecule has 0 aliphatic heterocycles. The zero-order chi connectivity index (χ0) is 14.6. The number of anilines is 1. The van der Waals surface area contributed by atoms with Crippen LogP contribution in [0.15, 0.2) is 18.2 Å². The summed E-state index contributed by atoms with van der Waals surface area (Å²) < 4.78 is 0. The zero-order valence-electron chi connectivity index (χ0n) is 12.9. The smallest absolute Gasteiger partial charge is 0.253 e. The third-order valence-electron chi connectivity index (χ3n) is 3.74. The molecule has 3 heteroatoms. The molecule has 0 saturated heterocycles. The van der Waals surface area contributed by atoms with E-state index in [2.05, 4.69) is 33.0 Å². The van der Waals surface area contributed by atoms with E-state index < -0.39 is 0 Å². The quantitative estimate of drug-likeness (QED) is 0.880. The molecule has 19 heavy (non-hydrogen) atoms. The molecule has 1 aromatic carbocycles. The van der Waals surface area contributed by atoms with E-state index in [1.54, 1.807) is 0 Å². The van der Waals surface area contributed by atoms with E-state index in [0.29, 0.717) is 5.92 Å². The Bertz CT molecular complexity index is 440. The average Bonchev–Trinajstić information content (AvgIpc) is 2.38. The third-order valence-corrected chi connectivity index (χ3v) is 3.74. The Kier molecular flexibility index (Phi) is 5.40. The van der Waals surface area contributed by atoms with Gasteiger partial charge in [0.25, 0.3) is 5.91 Å². The topological polar surface area (TPSA) is 32.3 Å². The SMILES string of the molecule is CCNc1ccc(C(=O)N(C)C(C)C(C)C)cc1C. The largest absolute Gasteiger partial charge is 0.385 e. The predicted molar refractivity (Wildman–Crippen MR) is 81.7 cm³/mol. The molecular weight excluding hydrogens is 236 g/mol. The summed E-state index contributed by atoms with van der Waals surface area (Å²) in [5, 5.41) is 3.29. The van der Waals surface area contributed by atoms with E-state index in [9.17, 15) is 4.79 Å². The first-order valence-corrected chi connectivity index (χ1v) is 7.00. The van der Waals surface area contributed by atoms with Crippen LogP contribution in [0.5, 0.6) is 0 Å². The molecule has 0 spiro atoms. The zero-order valence-corrected chi connectivity index (χ0v) is 12.9. The number of carbonyl (C=O) groups is 1. The van der Waals surface area contributed by atoms with Crippen molar-refractivity contribution in [3.63, 3.8) is 0 Å². The predicted octanol–water partition coefficient (Wildman–Crippen LogP) is 3.54. The molecule has 1 rings (SSSR count). The second kappa shape index (κ2) is 6.60. The minimum absolute atomic E-state index is 0.0901. The van der Waals surface area contributed by atoms with E-state index in [-0.39, 0.29) is 11.9 Å². The number of benzene rings is 1. The fraction of sp³-hybridized carbons (Fsp3) is 0.562. The first-order chi connectivity index (χ1) is 8.88. The van der Waals surface area contributed by atoms with Gasteiger partial charge in [-0.2, -0.15) is 0 Å². The van der Waals surface area contributed by atoms with Gasteiger partial charge in [-0.15, -0.1) is 0 Å². The van der Waals surface area contributed by atoms with Crippen molar-refractivity contribution >= 4 is 11.6 Å². The Balaban J connectivity index is 2.91. The molecule has 0 aliphatic rings. The number of rotatable bonds is 5. The normalized spacial score (nSPS) is 12.4. The molecule has 0 fully saturated rings. The van der Waals surface area contributed by atoms with E-state index in [1.807, 2.05) is 37.1 Å². The Morgan fingerprint density at radius 3 is 2.42 bits per heavy atom. The highest BCUT2D eigenvalue weighted by atomic mass is 16.2. The number of aryl methyl sites for hydroxylation is 1. The molecule has 1 atom stereocenters. The summed E-state index contributed by atoms with van der Waals surface area (Å²) >= 11 is 0. The lowest BCUT2D eigenvalue weighted by atomic mass is 10.0. The van der Waals surface area contributed by atoms with Crippen LogP contribution in [0.25, 0.3) is 0 Å². The monoisotopic (exact) mass is 262 g/mol. The number of hydrogen-bond donors (Lipinski definition) is 1. The van der Waals surface area contributed by atoms with Crippen molar-refractivity contribution in [3.05, 3.63) is 29.3 Å². The highest BCUT2D eigenvalue weighted by Gasteiger charge is 2.20. The van der Waals surface area contributed by atoms with Crippen molar-refractivity contribution in [2.75, 3.05) is 18.9 Å². The molecule has 3 nitrogen and oxygen atoms in total. The summed E-state index contributed by atoms with van der Waals surface area (Å²) in [6, 6.07) is 6.09.